The molecular weight excluding hydrogens is 370 g/mol. The third-order valence-corrected chi connectivity index (χ3v) is 5.57. The second-order valence-corrected chi connectivity index (χ2v) is 7.11. The van der Waals surface area contributed by atoms with Crippen LogP contribution in [0.1, 0.15) is 16.7 Å². The average Bonchev–Trinajstić information content (AvgIpc) is 3.39. The van der Waals surface area contributed by atoms with E-state index < -0.39 is 11.8 Å². The average molecular weight is 385 g/mol. The van der Waals surface area contributed by atoms with Crippen LogP contribution in [0, 0.1) is 0 Å². The van der Waals surface area contributed by atoms with Crippen LogP contribution >= 0.6 is 0 Å². The number of rotatable bonds is 2. The molecule has 0 spiro atoms. The third-order valence-electron chi connectivity index (χ3n) is 5.57. The molecule has 7 heteroatoms. The minimum absolute atomic E-state index is 0.0787. The van der Waals surface area contributed by atoms with Crippen molar-refractivity contribution in [2.24, 2.45) is 4.99 Å². The molecule has 6 rings (SSSR count). The van der Waals surface area contributed by atoms with Crippen LogP contribution in [0.5, 0.6) is 11.5 Å². The highest BCUT2D eigenvalue weighted by atomic mass is 16.7. The van der Waals surface area contributed by atoms with Gasteiger partial charge in [-0.05, 0) is 18.1 Å². The number of nitrogens with zero attached hydrogens (tertiary/aromatic N) is 2. The van der Waals surface area contributed by atoms with Gasteiger partial charge in [0.1, 0.15) is 0 Å². The van der Waals surface area contributed by atoms with Gasteiger partial charge in [0, 0.05) is 30.1 Å². The minimum atomic E-state index is -0.464. The lowest BCUT2D eigenvalue weighted by molar-refractivity contribution is -0.123. The molecule has 4 aliphatic rings. The summed E-state index contributed by atoms with van der Waals surface area (Å²) in [4.78, 5) is 32.4. The number of nitrogens with one attached hydrogen (secondary N) is 1. The Morgan fingerprint density at radius 1 is 0.966 bits per heavy atom. The van der Waals surface area contributed by atoms with Gasteiger partial charge in [-0.3, -0.25) is 19.9 Å². The van der Waals surface area contributed by atoms with Crippen molar-refractivity contribution in [1.82, 2.24) is 5.32 Å². The maximum Gasteiger partial charge on any atom is 0.261 e. The van der Waals surface area contributed by atoms with Crippen molar-refractivity contribution in [2.75, 3.05) is 18.2 Å². The van der Waals surface area contributed by atoms with E-state index in [-0.39, 0.29) is 17.9 Å². The Hall–Kier alpha value is -3.87. The Morgan fingerprint density at radius 2 is 1.79 bits per heavy atom. The fourth-order valence-electron chi connectivity index (χ4n) is 4.35. The van der Waals surface area contributed by atoms with Crippen molar-refractivity contribution >= 4 is 28.8 Å². The predicted octanol–water partition coefficient (Wildman–Crippen LogP) is 2.16. The zero-order valence-electron chi connectivity index (χ0n) is 15.3. The topological polar surface area (TPSA) is 80.2 Å². The number of amides is 2. The molecule has 4 heterocycles. The first-order chi connectivity index (χ1) is 14.2. The molecule has 0 atom stereocenters. The fraction of sp³-hybridized carbons (Fsp3) is 0.136. The highest BCUT2D eigenvalue weighted by Gasteiger charge is 2.39. The van der Waals surface area contributed by atoms with Gasteiger partial charge in [-0.25, -0.2) is 0 Å². The van der Waals surface area contributed by atoms with E-state index in [2.05, 4.69) is 21.3 Å². The normalized spacial score (nSPS) is 18.8. The molecule has 0 saturated heterocycles. The molecule has 0 bridgehead atoms. The summed E-state index contributed by atoms with van der Waals surface area (Å²) < 4.78 is 11.0. The van der Waals surface area contributed by atoms with Crippen LogP contribution < -0.4 is 19.7 Å². The molecule has 29 heavy (non-hydrogen) atoms. The molecule has 2 aromatic rings. The molecule has 0 saturated carbocycles. The lowest BCUT2D eigenvalue weighted by Gasteiger charge is -2.17. The molecule has 0 unspecified atom stereocenters. The number of carbonyl (C=O) groups is 2. The second kappa shape index (κ2) is 5.81. The molecular formula is C22H15N3O4. The summed E-state index contributed by atoms with van der Waals surface area (Å²) in [6, 6.07) is 11.3. The quantitative estimate of drug-likeness (QED) is 0.802. The fourth-order valence-corrected chi connectivity index (χ4v) is 4.35. The lowest BCUT2D eigenvalue weighted by atomic mass is 9.92. The van der Waals surface area contributed by atoms with Gasteiger partial charge >= 0.3 is 0 Å². The van der Waals surface area contributed by atoms with E-state index in [4.69, 9.17) is 9.47 Å². The molecule has 0 aromatic heterocycles. The van der Waals surface area contributed by atoms with Crippen molar-refractivity contribution < 1.29 is 19.1 Å². The lowest BCUT2D eigenvalue weighted by Crippen LogP contribution is -2.25. The minimum Gasteiger partial charge on any atom is -0.454 e. The van der Waals surface area contributed by atoms with Gasteiger partial charge < -0.3 is 14.4 Å². The first-order valence-corrected chi connectivity index (χ1v) is 9.35. The van der Waals surface area contributed by atoms with Crippen molar-refractivity contribution in [3.63, 3.8) is 0 Å². The summed E-state index contributed by atoms with van der Waals surface area (Å²) >= 11 is 0. The van der Waals surface area contributed by atoms with E-state index in [0.717, 1.165) is 24.2 Å². The van der Waals surface area contributed by atoms with E-state index in [9.17, 15) is 9.59 Å². The Kier molecular flexibility index (Phi) is 3.23. The maximum absolute atomic E-state index is 12.9. The van der Waals surface area contributed by atoms with Gasteiger partial charge in [-0.2, -0.15) is 0 Å². The first-order valence-electron chi connectivity index (χ1n) is 9.35. The maximum atomic E-state index is 12.9. The van der Waals surface area contributed by atoms with Gasteiger partial charge in [-0.15, -0.1) is 0 Å². The van der Waals surface area contributed by atoms with Crippen LogP contribution in [0.2, 0.25) is 0 Å². The Labute approximate surface area is 165 Å². The zero-order chi connectivity index (χ0) is 19.5. The van der Waals surface area contributed by atoms with Crippen LogP contribution in [-0.4, -0.2) is 30.9 Å². The van der Waals surface area contributed by atoms with Gasteiger partial charge in [0.2, 0.25) is 6.79 Å². The summed E-state index contributed by atoms with van der Waals surface area (Å²) in [6.07, 6.45) is 4.52. The van der Waals surface area contributed by atoms with Gasteiger partial charge in [0.25, 0.3) is 11.8 Å². The van der Waals surface area contributed by atoms with Crippen molar-refractivity contribution in [1.29, 1.82) is 0 Å². The molecule has 7 nitrogen and oxygen atoms in total. The summed E-state index contributed by atoms with van der Waals surface area (Å²) in [7, 11) is 0. The highest BCUT2D eigenvalue weighted by Crippen LogP contribution is 2.43. The van der Waals surface area contributed by atoms with E-state index >= 15 is 0 Å². The molecule has 2 aromatic carbocycles. The van der Waals surface area contributed by atoms with Crippen LogP contribution in [-0.2, 0) is 16.0 Å². The number of hydrogen-bond donors (Lipinski definition) is 1. The van der Waals surface area contributed by atoms with Crippen LogP contribution in [0.25, 0.3) is 5.57 Å². The SMILES string of the molecule is O=C1NC(=O)C(c2cccc3c2OCO3)=C1C1=NC=CN2CCc3cccc1c32. The molecule has 0 radical (unpaired) electrons. The largest absolute Gasteiger partial charge is 0.454 e. The summed E-state index contributed by atoms with van der Waals surface area (Å²) in [6.45, 7) is 0.940. The monoisotopic (exact) mass is 385 g/mol. The van der Waals surface area contributed by atoms with Gasteiger partial charge in [0.05, 0.1) is 22.5 Å². The zero-order valence-corrected chi connectivity index (χ0v) is 15.3. The number of benzene rings is 2. The highest BCUT2D eigenvalue weighted by molar-refractivity contribution is 6.48. The predicted molar refractivity (Wildman–Crippen MR) is 106 cm³/mol. The van der Waals surface area contributed by atoms with Crippen LogP contribution in [0.15, 0.2) is 59.4 Å². The molecule has 2 amide bonds. The number of aliphatic imine (C=N–C) groups is 1. The Balaban J connectivity index is 1.62. The van der Waals surface area contributed by atoms with Gasteiger partial charge in [0.15, 0.2) is 11.5 Å². The van der Waals surface area contributed by atoms with Crippen molar-refractivity contribution in [3.05, 3.63) is 71.1 Å². The number of imide groups is 1. The van der Waals surface area contributed by atoms with Crippen LogP contribution in [0.4, 0.5) is 5.69 Å². The Bertz CT molecular complexity index is 1210. The molecule has 4 aliphatic heterocycles. The van der Waals surface area contributed by atoms with Gasteiger partial charge in [-0.1, -0.05) is 30.3 Å². The summed E-state index contributed by atoms with van der Waals surface area (Å²) in [5, 5.41) is 2.43. The number of carbonyl (C=O) groups excluding carboxylic acids is 2. The molecule has 1 N–H and O–H groups in total. The summed E-state index contributed by atoms with van der Waals surface area (Å²) in [5.41, 5.74) is 4.60. The standard InChI is InChI=1S/C22H15N3O4/c26-21-16(13-4-2-6-15-20(13)29-11-28-15)17(22(27)24-21)18-14-5-1-3-12-7-9-25(19(12)14)10-8-23-18/h1-6,8,10H,7,9,11H2,(H,24,26,27). The third kappa shape index (κ3) is 2.21. The Morgan fingerprint density at radius 3 is 2.72 bits per heavy atom. The van der Waals surface area contributed by atoms with Crippen molar-refractivity contribution in [3.8, 4) is 11.5 Å². The first kappa shape index (κ1) is 16.1. The molecule has 0 aliphatic carbocycles. The van der Waals surface area contributed by atoms with E-state index in [0.29, 0.717) is 22.8 Å². The van der Waals surface area contributed by atoms with Crippen LogP contribution in [0.3, 0.4) is 0 Å². The van der Waals surface area contributed by atoms with Crippen molar-refractivity contribution in [2.45, 2.75) is 6.42 Å². The number of ether oxygens (including phenoxy) is 2. The number of anilines is 1. The summed E-state index contributed by atoms with van der Waals surface area (Å²) in [5.74, 6) is 0.0949. The molecule has 142 valence electrons. The van der Waals surface area contributed by atoms with E-state index in [1.807, 2.05) is 18.3 Å². The second-order valence-electron chi connectivity index (χ2n) is 7.11. The number of hydrogen-bond acceptors (Lipinski definition) is 6. The van der Waals surface area contributed by atoms with E-state index in [1.54, 1.807) is 24.4 Å². The molecule has 0 fully saturated rings. The number of para-hydroxylation sites is 2. The van der Waals surface area contributed by atoms with E-state index in [1.165, 1.54) is 5.56 Å². The number of fused-ring (bicyclic) bond motifs is 1. The smallest absolute Gasteiger partial charge is 0.261 e.